The third kappa shape index (κ3) is 38.3. The van der Waals surface area contributed by atoms with Gasteiger partial charge < -0.3 is 14.4 Å². The van der Waals surface area contributed by atoms with Crippen molar-refractivity contribution in [1.82, 2.24) is 0 Å². The molecule has 0 radical (unpaired) electrons. The maximum atomic E-state index is 12.5. The molecule has 0 bridgehead atoms. The number of rotatable bonds is 40. The van der Waals surface area contributed by atoms with Crippen LogP contribution in [0.1, 0.15) is 220 Å². The second-order valence-electron chi connectivity index (χ2n) is 14.4. The van der Waals surface area contributed by atoms with E-state index in [1.54, 1.807) is 6.92 Å². The van der Waals surface area contributed by atoms with Crippen LogP contribution in [-0.4, -0.2) is 42.8 Å². The van der Waals surface area contributed by atoms with Crippen LogP contribution in [-0.2, 0) is 32.7 Å². The smallest absolute Gasteiger partial charge is 0.462 e. The van der Waals surface area contributed by atoms with E-state index in [9.17, 15) is 19.0 Å². The second-order valence-corrected chi connectivity index (χ2v) is 15.8. The molecule has 0 heterocycles. The fourth-order valence-corrected chi connectivity index (χ4v) is 6.90. The van der Waals surface area contributed by atoms with Gasteiger partial charge in [-0.3, -0.25) is 18.6 Å². The van der Waals surface area contributed by atoms with Crippen LogP contribution in [0.3, 0.4) is 0 Å². The lowest BCUT2D eigenvalue weighted by molar-refractivity contribution is -0.161. The van der Waals surface area contributed by atoms with E-state index in [2.05, 4.69) is 26.0 Å². The van der Waals surface area contributed by atoms with Gasteiger partial charge in [-0.1, -0.05) is 180 Å². The molecule has 2 atom stereocenters. The predicted molar refractivity (Wildman–Crippen MR) is 212 cm³/mol. The van der Waals surface area contributed by atoms with Gasteiger partial charge in [0.05, 0.1) is 13.2 Å². The average molecular weight is 745 g/mol. The van der Waals surface area contributed by atoms with E-state index < -0.39 is 26.5 Å². The first-order chi connectivity index (χ1) is 24.8. The fourth-order valence-electron chi connectivity index (χ4n) is 6.14. The lowest BCUT2D eigenvalue weighted by Crippen LogP contribution is -2.29. The Morgan fingerprint density at radius 2 is 0.902 bits per heavy atom. The number of ether oxygens (including phenoxy) is 2. The summed E-state index contributed by atoms with van der Waals surface area (Å²) >= 11 is 0. The maximum Gasteiger partial charge on any atom is 0.472 e. The minimum absolute atomic E-state index is 0.00182. The third-order valence-electron chi connectivity index (χ3n) is 9.32. The van der Waals surface area contributed by atoms with Crippen molar-refractivity contribution in [2.75, 3.05) is 19.8 Å². The van der Waals surface area contributed by atoms with Crippen molar-refractivity contribution in [2.45, 2.75) is 226 Å². The summed E-state index contributed by atoms with van der Waals surface area (Å²) in [7, 11) is -4.27. The Morgan fingerprint density at radius 3 is 1.35 bits per heavy atom. The van der Waals surface area contributed by atoms with Gasteiger partial charge in [-0.25, -0.2) is 4.57 Å². The molecule has 0 aromatic heterocycles. The Bertz CT molecular complexity index is 849. The highest BCUT2D eigenvalue weighted by Gasteiger charge is 2.25. The van der Waals surface area contributed by atoms with Gasteiger partial charge in [-0.15, -0.1) is 0 Å². The number of allylic oxidation sites excluding steroid dienone is 2. The van der Waals surface area contributed by atoms with Crippen LogP contribution in [0.2, 0.25) is 0 Å². The Balaban J connectivity index is 3.98. The molecule has 0 spiro atoms. The minimum Gasteiger partial charge on any atom is -0.462 e. The molecule has 1 N–H and O–H groups in total. The molecule has 0 aliphatic carbocycles. The molecule has 0 aromatic carbocycles. The maximum absolute atomic E-state index is 12.5. The number of phosphoric acid groups is 1. The third-order valence-corrected chi connectivity index (χ3v) is 10.4. The van der Waals surface area contributed by atoms with E-state index in [1.807, 2.05) is 0 Å². The second kappa shape index (κ2) is 38.5. The van der Waals surface area contributed by atoms with Crippen molar-refractivity contribution in [1.29, 1.82) is 0 Å². The van der Waals surface area contributed by atoms with E-state index in [1.165, 1.54) is 122 Å². The molecule has 0 amide bonds. The van der Waals surface area contributed by atoms with E-state index in [0.717, 1.165) is 57.8 Å². The Hall–Kier alpha value is -1.21. The van der Waals surface area contributed by atoms with Crippen molar-refractivity contribution < 1.29 is 37.6 Å². The highest BCUT2D eigenvalue weighted by molar-refractivity contribution is 7.47. The zero-order valence-electron chi connectivity index (χ0n) is 33.5. The van der Waals surface area contributed by atoms with Crippen molar-refractivity contribution in [2.24, 2.45) is 0 Å². The lowest BCUT2D eigenvalue weighted by Gasteiger charge is -2.19. The molecule has 0 aromatic rings. The van der Waals surface area contributed by atoms with E-state index in [0.29, 0.717) is 12.8 Å². The van der Waals surface area contributed by atoms with Gasteiger partial charge >= 0.3 is 19.8 Å². The van der Waals surface area contributed by atoms with E-state index in [4.69, 9.17) is 18.5 Å². The number of phosphoric ester groups is 1. The molecule has 0 saturated heterocycles. The molecule has 0 aliphatic heterocycles. The van der Waals surface area contributed by atoms with Crippen LogP contribution in [0.15, 0.2) is 12.2 Å². The first kappa shape index (κ1) is 49.8. The Kier molecular flexibility index (Phi) is 37.6. The molecule has 51 heavy (non-hydrogen) atoms. The van der Waals surface area contributed by atoms with Crippen LogP contribution in [0.25, 0.3) is 0 Å². The van der Waals surface area contributed by atoms with Gasteiger partial charge in [0.25, 0.3) is 0 Å². The predicted octanol–water partition coefficient (Wildman–Crippen LogP) is 13.3. The lowest BCUT2D eigenvalue weighted by atomic mass is 10.0. The van der Waals surface area contributed by atoms with Crippen LogP contribution in [0.4, 0.5) is 0 Å². The van der Waals surface area contributed by atoms with Crippen LogP contribution >= 0.6 is 7.82 Å². The zero-order chi connectivity index (χ0) is 37.5. The quantitative estimate of drug-likeness (QED) is 0.0286. The van der Waals surface area contributed by atoms with E-state index >= 15 is 0 Å². The molecular weight excluding hydrogens is 663 g/mol. The number of unbranched alkanes of at least 4 members (excludes halogenated alkanes) is 26. The monoisotopic (exact) mass is 745 g/mol. The van der Waals surface area contributed by atoms with Crippen molar-refractivity contribution in [3.05, 3.63) is 12.2 Å². The molecular formula is C42H81O8P. The summed E-state index contributed by atoms with van der Waals surface area (Å²) in [6, 6.07) is 0. The fraction of sp³-hybridized carbons (Fsp3) is 0.905. The molecule has 302 valence electrons. The summed E-state index contributed by atoms with van der Waals surface area (Å²) in [4.78, 5) is 34.6. The van der Waals surface area contributed by atoms with Gasteiger partial charge in [0.15, 0.2) is 6.10 Å². The molecule has 2 unspecified atom stereocenters. The van der Waals surface area contributed by atoms with Crippen molar-refractivity contribution in [3.8, 4) is 0 Å². The highest BCUT2D eigenvalue weighted by Crippen LogP contribution is 2.43. The largest absolute Gasteiger partial charge is 0.472 e. The SMILES string of the molecule is CCCC/C=C\CCCCCCCC(=O)OC(COC(=O)CCCCCCCCCCCCCCCCCCCCCC)COP(=O)(O)OCC. The van der Waals surface area contributed by atoms with Gasteiger partial charge in [0.1, 0.15) is 6.61 Å². The summed E-state index contributed by atoms with van der Waals surface area (Å²) in [5.41, 5.74) is 0. The number of carbonyl (C=O) groups excluding carboxylic acids is 2. The molecule has 0 saturated carbocycles. The topological polar surface area (TPSA) is 108 Å². The van der Waals surface area contributed by atoms with Crippen molar-refractivity contribution >= 4 is 19.8 Å². The van der Waals surface area contributed by atoms with Gasteiger partial charge in [-0.2, -0.15) is 0 Å². The zero-order valence-corrected chi connectivity index (χ0v) is 34.4. The minimum atomic E-state index is -4.27. The summed E-state index contributed by atoms with van der Waals surface area (Å²) in [5, 5.41) is 0. The van der Waals surface area contributed by atoms with Gasteiger partial charge in [0, 0.05) is 12.8 Å². The summed E-state index contributed by atoms with van der Waals surface area (Å²) in [6.45, 7) is 5.45. The summed E-state index contributed by atoms with van der Waals surface area (Å²) < 4.78 is 32.6. The average Bonchev–Trinajstić information content (AvgIpc) is 3.10. The normalized spacial score (nSPS) is 13.4. The van der Waals surface area contributed by atoms with Crippen LogP contribution in [0.5, 0.6) is 0 Å². The first-order valence-electron chi connectivity index (χ1n) is 21.5. The highest BCUT2D eigenvalue weighted by atomic mass is 31.2. The Labute approximate surface area is 314 Å². The van der Waals surface area contributed by atoms with E-state index in [-0.39, 0.29) is 25.6 Å². The molecule has 9 heteroatoms. The van der Waals surface area contributed by atoms with Gasteiger partial charge in [-0.05, 0) is 39.0 Å². The number of carbonyl (C=O) groups is 2. The van der Waals surface area contributed by atoms with Crippen LogP contribution in [0, 0.1) is 0 Å². The number of hydrogen-bond acceptors (Lipinski definition) is 7. The summed E-state index contributed by atoms with van der Waals surface area (Å²) in [5.74, 6) is -0.799. The standard InChI is InChI=1S/C42H81O8P/c1-4-7-9-11-13-15-17-18-19-20-21-22-23-24-25-27-28-30-32-34-36-41(43)47-38-40(39-49-51(45,46)48-6-3)50-42(44)37-35-33-31-29-26-16-14-12-10-8-5-2/h12,14,40H,4-11,13,15-39H2,1-3H3,(H,45,46)/b14-12-. The van der Waals surface area contributed by atoms with Crippen molar-refractivity contribution in [3.63, 3.8) is 0 Å². The van der Waals surface area contributed by atoms with Gasteiger partial charge in [0.2, 0.25) is 0 Å². The Morgan fingerprint density at radius 1 is 0.510 bits per heavy atom. The molecule has 0 rings (SSSR count). The molecule has 8 nitrogen and oxygen atoms in total. The molecule has 0 fully saturated rings. The number of hydrogen-bond donors (Lipinski definition) is 1. The number of esters is 2. The molecule has 0 aliphatic rings. The van der Waals surface area contributed by atoms with Crippen LogP contribution < -0.4 is 0 Å². The summed E-state index contributed by atoms with van der Waals surface area (Å²) in [6.07, 6.45) is 39.9. The first-order valence-corrected chi connectivity index (χ1v) is 23.0.